The van der Waals surface area contributed by atoms with E-state index in [4.69, 9.17) is 4.74 Å². The van der Waals surface area contributed by atoms with Crippen LogP contribution in [0.25, 0.3) is 5.76 Å². The van der Waals surface area contributed by atoms with Gasteiger partial charge in [-0.1, -0.05) is 36.4 Å². The first-order valence-corrected chi connectivity index (χ1v) is 14.7. The van der Waals surface area contributed by atoms with Gasteiger partial charge in [-0.15, -0.1) is 6.58 Å². The molecule has 0 saturated carbocycles. The number of nitrogens with zero attached hydrogens (tertiary/aromatic N) is 4. The molecule has 12 heteroatoms. The largest absolute Gasteiger partial charge is 0.507 e. The van der Waals surface area contributed by atoms with Gasteiger partial charge in [0.1, 0.15) is 5.76 Å². The number of carbonyl (C=O) groups excluding carboxylic acids is 3. The van der Waals surface area contributed by atoms with Crippen LogP contribution in [0.5, 0.6) is 0 Å². The second-order valence-electron chi connectivity index (χ2n) is 10.3. The monoisotopic (exact) mass is 580 g/mol. The van der Waals surface area contributed by atoms with Crippen LogP contribution in [0.4, 0.5) is 5.69 Å². The Hall–Kier alpha value is -3.84. The maximum Gasteiger partial charge on any atom is 0.296 e. The number of morpholine rings is 1. The van der Waals surface area contributed by atoms with Crippen molar-refractivity contribution in [3.8, 4) is 0 Å². The Morgan fingerprint density at radius 1 is 1.10 bits per heavy atom. The van der Waals surface area contributed by atoms with Gasteiger partial charge in [0.2, 0.25) is 10.0 Å². The summed E-state index contributed by atoms with van der Waals surface area (Å²) in [7, 11) is -0.325. The smallest absolute Gasteiger partial charge is 0.296 e. The molecule has 2 amide bonds. The van der Waals surface area contributed by atoms with E-state index in [1.165, 1.54) is 38.4 Å². The highest BCUT2D eigenvalue weighted by molar-refractivity contribution is 7.89. The number of anilines is 1. The van der Waals surface area contributed by atoms with E-state index < -0.39 is 44.5 Å². The summed E-state index contributed by atoms with van der Waals surface area (Å²) in [5.74, 6) is -3.14. The Balaban J connectivity index is 1.73. The number of likely N-dealkylation sites (tertiary alicyclic amines) is 1. The molecule has 1 N–H and O–H groups in total. The van der Waals surface area contributed by atoms with Gasteiger partial charge in [0.15, 0.2) is 5.54 Å². The van der Waals surface area contributed by atoms with E-state index in [9.17, 15) is 27.9 Å². The number of fused-ring (bicyclic) bond motifs is 2. The molecule has 1 spiro atoms. The van der Waals surface area contributed by atoms with E-state index >= 15 is 0 Å². The number of aliphatic hydroxyl groups excluding tert-OH is 1. The van der Waals surface area contributed by atoms with Crippen molar-refractivity contribution in [3.63, 3.8) is 0 Å². The predicted octanol–water partition coefficient (Wildman–Crippen LogP) is 1.38. The highest BCUT2D eigenvalue weighted by atomic mass is 32.2. The number of likely N-dealkylation sites (N-methyl/N-ethyl adjacent to an activating group) is 1. The predicted molar refractivity (Wildman–Crippen MR) is 152 cm³/mol. The fourth-order valence-electron chi connectivity index (χ4n) is 5.66. The highest BCUT2D eigenvalue weighted by Crippen LogP contribution is 2.53. The zero-order valence-corrected chi connectivity index (χ0v) is 23.8. The van der Waals surface area contributed by atoms with Crippen molar-refractivity contribution in [2.45, 2.75) is 10.4 Å². The van der Waals surface area contributed by atoms with E-state index in [2.05, 4.69) is 6.58 Å². The van der Waals surface area contributed by atoms with Crippen molar-refractivity contribution >= 4 is 39.1 Å². The van der Waals surface area contributed by atoms with Crippen LogP contribution >= 0.6 is 0 Å². The Morgan fingerprint density at radius 3 is 2.49 bits per heavy atom. The maximum atomic E-state index is 14.4. The Kier molecular flexibility index (Phi) is 7.60. The molecule has 3 aliphatic rings. The van der Waals surface area contributed by atoms with Gasteiger partial charge in [-0.3, -0.25) is 14.4 Å². The second-order valence-corrected chi connectivity index (χ2v) is 12.2. The van der Waals surface area contributed by atoms with Crippen LogP contribution in [0.2, 0.25) is 0 Å². The normalized spacial score (nSPS) is 22.7. The van der Waals surface area contributed by atoms with Gasteiger partial charge in [0.05, 0.1) is 29.4 Å². The van der Waals surface area contributed by atoms with Crippen molar-refractivity contribution in [2.24, 2.45) is 0 Å². The number of ketones is 1. The number of Topliss-reactive ketones (excluding diaryl/α,β-unsaturated/α-hetero) is 1. The number of sulfonamides is 1. The van der Waals surface area contributed by atoms with E-state index in [-0.39, 0.29) is 49.9 Å². The van der Waals surface area contributed by atoms with E-state index in [0.717, 1.165) is 0 Å². The van der Waals surface area contributed by atoms with E-state index in [1.807, 2.05) is 4.90 Å². The van der Waals surface area contributed by atoms with Crippen LogP contribution in [0.1, 0.15) is 11.1 Å². The Bertz CT molecular complexity index is 1560. The standard InChI is InChI=1S/C29H32N4O7S/c1-4-12-32-23-11-6-5-10-22(23)29(28(32)37)24(26(35)27(36)33(29)14-13-30(2)3)25(34)20-8-7-9-21(19-20)41(38,39)31-15-17-40-18-16-31/h4-11,19,34H,1,12-18H2,2-3H3. The first-order valence-electron chi connectivity index (χ1n) is 13.2. The molecule has 0 aliphatic carbocycles. The second kappa shape index (κ2) is 10.9. The molecule has 0 radical (unpaired) electrons. The minimum absolute atomic E-state index is 0.00299. The summed E-state index contributed by atoms with van der Waals surface area (Å²) >= 11 is 0. The fraction of sp³-hybridized carbons (Fsp3) is 0.345. The van der Waals surface area contributed by atoms with Crippen LogP contribution in [0.3, 0.4) is 0 Å². The molecule has 2 fully saturated rings. The molecule has 2 aromatic carbocycles. The number of para-hydroxylation sites is 1. The molecule has 0 aromatic heterocycles. The Morgan fingerprint density at radius 2 is 1.80 bits per heavy atom. The molecular weight excluding hydrogens is 548 g/mol. The average Bonchev–Trinajstić information content (AvgIpc) is 3.35. The summed E-state index contributed by atoms with van der Waals surface area (Å²) in [5, 5.41) is 11.7. The average molecular weight is 581 g/mol. The molecule has 1 atom stereocenters. The lowest BCUT2D eigenvalue weighted by Crippen LogP contribution is -2.53. The van der Waals surface area contributed by atoms with Crippen LogP contribution in [-0.4, -0.2) is 105 Å². The summed E-state index contributed by atoms with van der Waals surface area (Å²) < 4.78 is 33.3. The summed E-state index contributed by atoms with van der Waals surface area (Å²) in [4.78, 5) is 46.1. The minimum atomic E-state index is -3.93. The van der Waals surface area contributed by atoms with Gasteiger partial charge >= 0.3 is 0 Å². The van der Waals surface area contributed by atoms with Crippen molar-refractivity contribution in [2.75, 3.05) is 64.9 Å². The zero-order valence-electron chi connectivity index (χ0n) is 22.9. The van der Waals surface area contributed by atoms with Crippen molar-refractivity contribution in [3.05, 3.63) is 77.9 Å². The lowest BCUT2D eigenvalue weighted by atomic mass is 9.82. The fourth-order valence-corrected chi connectivity index (χ4v) is 7.12. The third kappa shape index (κ3) is 4.47. The maximum absolute atomic E-state index is 14.4. The quantitative estimate of drug-likeness (QED) is 0.215. The van der Waals surface area contributed by atoms with E-state index in [0.29, 0.717) is 17.8 Å². The molecule has 41 heavy (non-hydrogen) atoms. The number of hydrogen-bond acceptors (Lipinski definition) is 8. The molecule has 0 bridgehead atoms. The number of carbonyl (C=O) groups is 3. The number of amides is 2. The molecule has 2 saturated heterocycles. The van der Waals surface area contributed by atoms with Crippen molar-refractivity contribution < 1.29 is 32.6 Å². The number of ether oxygens (including phenoxy) is 1. The summed E-state index contributed by atoms with van der Waals surface area (Å²) in [5.41, 5.74) is -1.47. The van der Waals surface area contributed by atoms with Gasteiger partial charge in [0, 0.05) is 43.9 Å². The highest BCUT2D eigenvalue weighted by Gasteiger charge is 2.66. The van der Waals surface area contributed by atoms with Gasteiger partial charge in [-0.25, -0.2) is 8.42 Å². The van der Waals surface area contributed by atoms with Crippen LogP contribution in [-0.2, 0) is 34.7 Å². The van der Waals surface area contributed by atoms with Crippen molar-refractivity contribution in [1.82, 2.24) is 14.1 Å². The third-order valence-electron chi connectivity index (χ3n) is 7.61. The molecule has 3 aliphatic heterocycles. The lowest BCUT2D eigenvalue weighted by Gasteiger charge is -2.35. The number of rotatable bonds is 8. The van der Waals surface area contributed by atoms with Gasteiger partial charge in [-0.05, 0) is 32.3 Å². The summed E-state index contributed by atoms with van der Waals surface area (Å²) in [6, 6.07) is 12.4. The topological polar surface area (TPSA) is 128 Å². The number of aliphatic hydroxyl groups is 1. The van der Waals surface area contributed by atoms with Crippen molar-refractivity contribution in [1.29, 1.82) is 0 Å². The number of hydrogen-bond donors (Lipinski definition) is 1. The first kappa shape index (κ1) is 28.7. The summed E-state index contributed by atoms with van der Waals surface area (Å²) in [6.45, 7) is 5.13. The third-order valence-corrected chi connectivity index (χ3v) is 9.50. The molecular formula is C29H32N4O7S. The first-order chi connectivity index (χ1) is 19.6. The summed E-state index contributed by atoms with van der Waals surface area (Å²) in [6.07, 6.45) is 1.54. The Labute approximate surface area is 238 Å². The molecule has 2 aromatic rings. The zero-order chi connectivity index (χ0) is 29.5. The van der Waals surface area contributed by atoms with Crippen LogP contribution in [0, 0.1) is 0 Å². The molecule has 3 heterocycles. The molecule has 11 nitrogen and oxygen atoms in total. The SMILES string of the molecule is C=CCN1C(=O)C2(C(=C(O)c3cccc(S(=O)(=O)N4CCOCC4)c3)C(=O)C(=O)N2CCN(C)C)c2ccccc21. The lowest BCUT2D eigenvalue weighted by molar-refractivity contribution is -0.143. The van der Waals surface area contributed by atoms with Crippen LogP contribution < -0.4 is 4.90 Å². The van der Waals surface area contributed by atoms with Gasteiger partial charge < -0.3 is 24.5 Å². The molecule has 216 valence electrons. The van der Waals surface area contributed by atoms with Gasteiger partial charge in [0.25, 0.3) is 17.6 Å². The number of benzene rings is 2. The van der Waals surface area contributed by atoms with E-state index in [1.54, 1.807) is 44.4 Å². The van der Waals surface area contributed by atoms with Gasteiger partial charge in [-0.2, -0.15) is 4.31 Å². The molecule has 5 rings (SSSR count). The minimum Gasteiger partial charge on any atom is -0.507 e. The molecule has 1 unspecified atom stereocenters. The van der Waals surface area contributed by atoms with Crippen LogP contribution in [0.15, 0.2) is 71.7 Å².